The zero-order valence-electron chi connectivity index (χ0n) is 8.01. The second kappa shape index (κ2) is 5.09. The number of nitro benzene ring substituents is 1. The van der Waals surface area contributed by atoms with Crippen LogP contribution in [0, 0.1) is 10.1 Å². The highest BCUT2D eigenvalue weighted by molar-refractivity contribution is 9.09. The number of aliphatic hydroxyl groups is 1. The first-order valence-corrected chi connectivity index (χ1v) is 5.28. The molecule has 0 amide bonds. The summed E-state index contributed by atoms with van der Waals surface area (Å²) in [6.45, 7) is 0. The quantitative estimate of drug-likeness (QED) is 0.519. The minimum Gasteiger partial charge on any atom is -0.497 e. The van der Waals surface area contributed by atoms with E-state index in [4.69, 9.17) is 4.74 Å². The lowest BCUT2D eigenvalue weighted by Crippen LogP contribution is -2.03. The highest BCUT2D eigenvalue weighted by Gasteiger charge is 2.20. The van der Waals surface area contributed by atoms with Gasteiger partial charge in [-0.05, 0) is 12.1 Å². The number of benzene rings is 1. The zero-order valence-corrected chi connectivity index (χ0v) is 9.60. The number of nitro groups is 1. The molecule has 1 unspecified atom stereocenters. The molecule has 0 radical (unpaired) electrons. The molecule has 1 N–H and O–H groups in total. The predicted octanol–water partition coefficient (Wildman–Crippen LogP) is 2.03. The number of hydrogen-bond acceptors (Lipinski definition) is 4. The summed E-state index contributed by atoms with van der Waals surface area (Å²) >= 11 is 3.07. The van der Waals surface area contributed by atoms with Gasteiger partial charge in [0.1, 0.15) is 5.75 Å². The molecule has 0 bridgehead atoms. The van der Waals surface area contributed by atoms with Crippen LogP contribution in [0.4, 0.5) is 5.69 Å². The third-order valence-corrected chi connectivity index (χ3v) is 2.55. The Morgan fingerprint density at radius 1 is 1.67 bits per heavy atom. The van der Waals surface area contributed by atoms with Gasteiger partial charge in [-0.25, -0.2) is 0 Å². The molecule has 1 atom stereocenters. The molecular formula is C9H10BrNO4. The van der Waals surface area contributed by atoms with Crippen LogP contribution in [-0.4, -0.2) is 22.5 Å². The van der Waals surface area contributed by atoms with E-state index in [1.54, 1.807) is 6.07 Å². The summed E-state index contributed by atoms with van der Waals surface area (Å²) in [6.07, 6.45) is -0.892. The summed E-state index contributed by atoms with van der Waals surface area (Å²) in [5, 5.41) is 20.5. The number of aliphatic hydroxyl groups excluding tert-OH is 1. The number of ether oxygens (including phenoxy) is 1. The van der Waals surface area contributed by atoms with Crippen molar-refractivity contribution in [2.75, 3.05) is 12.4 Å². The van der Waals surface area contributed by atoms with E-state index in [1.807, 2.05) is 0 Å². The summed E-state index contributed by atoms with van der Waals surface area (Å²) in [4.78, 5) is 10.2. The lowest BCUT2D eigenvalue weighted by molar-refractivity contribution is -0.386. The first-order chi connectivity index (χ1) is 7.10. The van der Waals surface area contributed by atoms with Gasteiger partial charge < -0.3 is 9.84 Å². The molecule has 0 heterocycles. The van der Waals surface area contributed by atoms with Crippen molar-refractivity contribution in [2.45, 2.75) is 6.10 Å². The molecule has 1 aromatic rings. The standard InChI is InChI=1S/C9H10BrNO4/c1-15-6-2-3-7(9(12)5-10)8(4-6)11(13)14/h2-4,9,12H,5H2,1H3. The Morgan fingerprint density at radius 3 is 2.80 bits per heavy atom. The van der Waals surface area contributed by atoms with Crippen molar-refractivity contribution in [3.05, 3.63) is 33.9 Å². The van der Waals surface area contributed by atoms with E-state index in [0.29, 0.717) is 5.75 Å². The number of alkyl halides is 1. The summed E-state index contributed by atoms with van der Waals surface area (Å²) in [7, 11) is 1.43. The molecule has 0 saturated heterocycles. The van der Waals surface area contributed by atoms with Crippen LogP contribution in [0.5, 0.6) is 5.75 Å². The van der Waals surface area contributed by atoms with Crippen molar-refractivity contribution in [1.82, 2.24) is 0 Å². The summed E-state index contributed by atoms with van der Waals surface area (Å²) in [5.74, 6) is 0.396. The minimum atomic E-state index is -0.892. The second-order valence-corrected chi connectivity index (χ2v) is 3.50. The molecule has 15 heavy (non-hydrogen) atoms. The average Bonchev–Trinajstić information content (AvgIpc) is 2.27. The van der Waals surface area contributed by atoms with Gasteiger partial charge in [-0.15, -0.1) is 0 Å². The molecular weight excluding hydrogens is 266 g/mol. The van der Waals surface area contributed by atoms with Gasteiger partial charge >= 0.3 is 0 Å². The lowest BCUT2D eigenvalue weighted by atomic mass is 10.1. The normalized spacial score (nSPS) is 12.2. The predicted molar refractivity (Wildman–Crippen MR) is 58.4 cm³/mol. The maximum atomic E-state index is 10.7. The van der Waals surface area contributed by atoms with Gasteiger partial charge in [-0.1, -0.05) is 15.9 Å². The van der Waals surface area contributed by atoms with Gasteiger partial charge in [0, 0.05) is 5.33 Å². The maximum absolute atomic E-state index is 10.7. The van der Waals surface area contributed by atoms with Crippen LogP contribution in [0.2, 0.25) is 0 Å². The SMILES string of the molecule is COc1ccc(C(O)CBr)c([N+](=O)[O-])c1. The maximum Gasteiger partial charge on any atom is 0.278 e. The summed E-state index contributed by atoms with van der Waals surface area (Å²) in [5.41, 5.74) is 0.138. The lowest BCUT2D eigenvalue weighted by Gasteiger charge is -2.08. The molecule has 0 fully saturated rings. The Balaban J connectivity index is 3.21. The molecule has 1 rings (SSSR count). The van der Waals surface area contributed by atoms with Gasteiger partial charge in [0.05, 0.1) is 29.8 Å². The van der Waals surface area contributed by atoms with Gasteiger partial charge in [0.15, 0.2) is 0 Å². The van der Waals surface area contributed by atoms with Crippen molar-refractivity contribution in [1.29, 1.82) is 0 Å². The van der Waals surface area contributed by atoms with Crippen molar-refractivity contribution in [3.8, 4) is 5.75 Å². The highest BCUT2D eigenvalue weighted by Crippen LogP contribution is 2.29. The fourth-order valence-corrected chi connectivity index (χ4v) is 1.52. The van der Waals surface area contributed by atoms with Gasteiger partial charge in [-0.3, -0.25) is 10.1 Å². The Labute approximate surface area is 95.0 Å². The fraction of sp³-hybridized carbons (Fsp3) is 0.333. The van der Waals surface area contributed by atoms with Crippen LogP contribution in [0.1, 0.15) is 11.7 Å². The molecule has 0 aliphatic rings. The van der Waals surface area contributed by atoms with Crippen LogP contribution in [0.3, 0.4) is 0 Å². The number of halogens is 1. The number of nitrogens with zero attached hydrogens (tertiary/aromatic N) is 1. The van der Waals surface area contributed by atoms with Crippen LogP contribution in [0.25, 0.3) is 0 Å². The minimum absolute atomic E-state index is 0.138. The number of methoxy groups -OCH3 is 1. The van der Waals surface area contributed by atoms with E-state index in [0.717, 1.165) is 0 Å². The first kappa shape index (κ1) is 11.9. The summed E-state index contributed by atoms with van der Waals surface area (Å²) in [6, 6.07) is 4.36. The van der Waals surface area contributed by atoms with Crippen molar-refractivity contribution in [3.63, 3.8) is 0 Å². The fourth-order valence-electron chi connectivity index (χ4n) is 1.17. The molecule has 0 aliphatic carbocycles. The van der Waals surface area contributed by atoms with E-state index in [9.17, 15) is 15.2 Å². The van der Waals surface area contributed by atoms with Crippen LogP contribution >= 0.6 is 15.9 Å². The van der Waals surface area contributed by atoms with Crippen molar-refractivity contribution < 1.29 is 14.8 Å². The smallest absolute Gasteiger partial charge is 0.278 e. The molecule has 0 saturated carbocycles. The van der Waals surface area contributed by atoms with E-state index < -0.39 is 11.0 Å². The van der Waals surface area contributed by atoms with E-state index in [-0.39, 0.29) is 16.6 Å². The Kier molecular flexibility index (Phi) is 4.05. The zero-order chi connectivity index (χ0) is 11.4. The van der Waals surface area contributed by atoms with Crippen molar-refractivity contribution >= 4 is 21.6 Å². The number of hydrogen-bond donors (Lipinski definition) is 1. The average molecular weight is 276 g/mol. The molecule has 0 aliphatic heterocycles. The Morgan fingerprint density at radius 2 is 2.33 bits per heavy atom. The Hall–Kier alpha value is -1.14. The monoisotopic (exact) mass is 275 g/mol. The van der Waals surface area contributed by atoms with Crippen LogP contribution in [0.15, 0.2) is 18.2 Å². The van der Waals surface area contributed by atoms with E-state index in [1.165, 1.54) is 19.2 Å². The van der Waals surface area contributed by atoms with Gasteiger partial charge in [0.25, 0.3) is 5.69 Å². The molecule has 82 valence electrons. The van der Waals surface area contributed by atoms with Crippen LogP contribution < -0.4 is 4.74 Å². The largest absolute Gasteiger partial charge is 0.497 e. The molecule has 6 heteroatoms. The second-order valence-electron chi connectivity index (χ2n) is 2.85. The van der Waals surface area contributed by atoms with Gasteiger partial charge in [-0.2, -0.15) is 0 Å². The Bertz CT molecular complexity index is 369. The van der Waals surface area contributed by atoms with E-state index in [2.05, 4.69) is 15.9 Å². The molecule has 1 aromatic carbocycles. The van der Waals surface area contributed by atoms with E-state index >= 15 is 0 Å². The highest BCUT2D eigenvalue weighted by atomic mass is 79.9. The third kappa shape index (κ3) is 2.66. The summed E-state index contributed by atoms with van der Waals surface area (Å²) < 4.78 is 4.88. The van der Waals surface area contributed by atoms with Crippen LogP contribution in [-0.2, 0) is 0 Å². The number of rotatable bonds is 4. The first-order valence-electron chi connectivity index (χ1n) is 4.16. The third-order valence-electron chi connectivity index (χ3n) is 1.94. The topological polar surface area (TPSA) is 72.6 Å². The molecule has 5 nitrogen and oxygen atoms in total. The molecule has 0 aromatic heterocycles. The van der Waals surface area contributed by atoms with Crippen molar-refractivity contribution in [2.24, 2.45) is 0 Å². The van der Waals surface area contributed by atoms with Gasteiger partial charge in [0.2, 0.25) is 0 Å². The molecule has 0 spiro atoms.